The average Bonchev–Trinajstić information content (AvgIpc) is 3.31. The summed E-state index contributed by atoms with van der Waals surface area (Å²) in [7, 11) is 3.29. The molecule has 1 saturated carbocycles. The molecule has 2 heterocycles. The molecule has 1 saturated heterocycles. The van der Waals surface area contributed by atoms with Gasteiger partial charge in [0.25, 0.3) is 5.89 Å². The minimum Gasteiger partial charge on any atom is -0.381 e. The lowest BCUT2D eigenvalue weighted by Crippen LogP contribution is -2.46. The van der Waals surface area contributed by atoms with E-state index < -0.39 is 5.60 Å². The molecule has 1 aliphatic heterocycles. The van der Waals surface area contributed by atoms with E-state index in [0.29, 0.717) is 44.2 Å². The Kier molecular flexibility index (Phi) is 4.68. The van der Waals surface area contributed by atoms with Crippen LogP contribution in [-0.4, -0.2) is 54.4 Å². The maximum absolute atomic E-state index is 12.3. The zero-order chi connectivity index (χ0) is 16.4. The number of rotatable bonds is 6. The number of hydrogen-bond donors (Lipinski definition) is 0. The van der Waals surface area contributed by atoms with E-state index in [1.165, 1.54) is 0 Å². The fourth-order valence-electron chi connectivity index (χ4n) is 3.01. The molecule has 0 N–H and O–H groups in total. The first-order valence-electron chi connectivity index (χ1n) is 8.28. The summed E-state index contributed by atoms with van der Waals surface area (Å²) in [5.74, 6) is 1.93. The van der Waals surface area contributed by atoms with Gasteiger partial charge in [-0.2, -0.15) is 4.98 Å². The average molecular weight is 323 g/mol. The van der Waals surface area contributed by atoms with Crippen LogP contribution in [0.15, 0.2) is 4.52 Å². The molecule has 1 aromatic heterocycles. The van der Waals surface area contributed by atoms with E-state index in [2.05, 4.69) is 10.1 Å². The number of ether oxygens (including phenoxy) is 2. The van der Waals surface area contributed by atoms with Gasteiger partial charge in [-0.1, -0.05) is 5.16 Å². The first-order valence-corrected chi connectivity index (χ1v) is 8.28. The van der Waals surface area contributed by atoms with Gasteiger partial charge in [0.05, 0.1) is 12.5 Å². The van der Waals surface area contributed by atoms with E-state index in [1.54, 1.807) is 14.2 Å². The van der Waals surface area contributed by atoms with Crippen LogP contribution in [0.4, 0.5) is 0 Å². The van der Waals surface area contributed by atoms with E-state index in [4.69, 9.17) is 14.0 Å². The Morgan fingerprint density at radius 1 is 1.39 bits per heavy atom. The Labute approximate surface area is 136 Å². The fraction of sp³-hybridized carbons (Fsp3) is 0.812. The molecule has 128 valence electrons. The zero-order valence-corrected chi connectivity index (χ0v) is 14.1. The zero-order valence-electron chi connectivity index (χ0n) is 14.1. The number of likely N-dealkylation sites (tertiary alicyclic amines) is 1. The summed E-state index contributed by atoms with van der Waals surface area (Å²) < 4.78 is 16.4. The molecule has 3 rings (SSSR count). The number of nitrogens with zero attached hydrogens (tertiary/aromatic N) is 3. The lowest BCUT2D eigenvalue weighted by molar-refractivity contribution is -0.141. The van der Waals surface area contributed by atoms with E-state index >= 15 is 0 Å². The minimum absolute atomic E-state index is 0.0614. The first-order chi connectivity index (χ1) is 11.1. The van der Waals surface area contributed by atoms with Crippen LogP contribution >= 0.6 is 0 Å². The Morgan fingerprint density at radius 2 is 2.09 bits per heavy atom. The van der Waals surface area contributed by atoms with Gasteiger partial charge in [-0.3, -0.25) is 4.79 Å². The number of aromatic nitrogens is 2. The lowest BCUT2D eigenvalue weighted by Gasteiger charge is -2.38. The minimum atomic E-state index is -0.566. The van der Waals surface area contributed by atoms with Gasteiger partial charge in [0, 0.05) is 46.1 Å². The molecular weight excluding hydrogens is 298 g/mol. The predicted molar refractivity (Wildman–Crippen MR) is 81.9 cm³/mol. The molecule has 2 aliphatic rings. The Morgan fingerprint density at radius 3 is 2.65 bits per heavy atom. The number of carbonyl (C=O) groups excluding carboxylic acids is 1. The van der Waals surface area contributed by atoms with E-state index in [1.807, 2.05) is 11.8 Å². The molecule has 7 nitrogen and oxygen atoms in total. The summed E-state index contributed by atoms with van der Waals surface area (Å²) in [6.45, 7) is 3.16. The van der Waals surface area contributed by atoms with Gasteiger partial charge < -0.3 is 18.9 Å². The molecule has 1 aliphatic carbocycles. The maximum atomic E-state index is 12.3. The quantitative estimate of drug-likeness (QED) is 0.795. The summed E-state index contributed by atoms with van der Waals surface area (Å²) in [6.07, 6.45) is 3.96. The van der Waals surface area contributed by atoms with Gasteiger partial charge in [0.1, 0.15) is 5.60 Å². The summed E-state index contributed by atoms with van der Waals surface area (Å²) in [6, 6.07) is 0. The smallest absolute Gasteiger partial charge is 0.259 e. The molecule has 2 fully saturated rings. The molecule has 0 aromatic carbocycles. The third kappa shape index (κ3) is 3.40. The highest BCUT2D eigenvalue weighted by molar-refractivity contribution is 5.76. The summed E-state index contributed by atoms with van der Waals surface area (Å²) in [4.78, 5) is 18.7. The van der Waals surface area contributed by atoms with Crippen molar-refractivity contribution < 1.29 is 18.8 Å². The van der Waals surface area contributed by atoms with Gasteiger partial charge in [-0.05, 0) is 19.8 Å². The SMILES string of the molecule is CO[C@H](C)CC(=O)N1CCC(OC)(c2nc(C3CC3)no2)CC1. The van der Waals surface area contributed by atoms with Crippen molar-refractivity contribution in [3.8, 4) is 0 Å². The normalized spacial score (nSPS) is 22.1. The Hall–Kier alpha value is -1.47. The monoisotopic (exact) mass is 323 g/mol. The molecule has 0 bridgehead atoms. The highest BCUT2D eigenvalue weighted by atomic mass is 16.5. The van der Waals surface area contributed by atoms with Gasteiger partial charge in [-0.25, -0.2) is 0 Å². The van der Waals surface area contributed by atoms with Crippen molar-refractivity contribution in [3.05, 3.63) is 11.7 Å². The molecule has 7 heteroatoms. The second kappa shape index (κ2) is 6.57. The lowest BCUT2D eigenvalue weighted by atomic mass is 9.90. The summed E-state index contributed by atoms with van der Waals surface area (Å²) in [5, 5.41) is 4.09. The van der Waals surface area contributed by atoms with Crippen LogP contribution in [0.25, 0.3) is 0 Å². The molecule has 0 radical (unpaired) electrons. The van der Waals surface area contributed by atoms with Crippen molar-refractivity contribution in [1.82, 2.24) is 15.0 Å². The number of carbonyl (C=O) groups is 1. The third-order valence-corrected chi connectivity index (χ3v) is 4.95. The van der Waals surface area contributed by atoms with Crippen LogP contribution in [0.2, 0.25) is 0 Å². The number of methoxy groups -OCH3 is 2. The topological polar surface area (TPSA) is 77.7 Å². The fourth-order valence-corrected chi connectivity index (χ4v) is 3.01. The second-order valence-corrected chi connectivity index (χ2v) is 6.56. The predicted octanol–water partition coefficient (Wildman–Crippen LogP) is 1.84. The molecule has 23 heavy (non-hydrogen) atoms. The van der Waals surface area contributed by atoms with E-state index in [9.17, 15) is 4.79 Å². The third-order valence-electron chi connectivity index (χ3n) is 4.95. The largest absolute Gasteiger partial charge is 0.381 e. The molecule has 0 unspecified atom stereocenters. The van der Waals surface area contributed by atoms with Crippen molar-refractivity contribution >= 4 is 5.91 Å². The van der Waals surface area contributed by atoms with Crippen molar-refractivity contribution in [2.24, 2.45) is 0 Å². The van der Waals surface area contributed by atoms with Crippen molar-refractivity contribution in [2.75, 3.05) is 27.3 Å². The van der Waals surface area contributed by atoms with Crippen LogP contribution in [0.5, 0.6) is 0 Å². The highest BCUT2D eigenvalue weighted by Crippen LogP contribution is 2.41. The van der Waals surface area contributed by atoms with Crippen LogP contribution in [0, 0.1) is 0 Å². The van der Waals surface area contributed by atoms with Crippen LogP contribution < -0.4 is 0 Å². The van der Waals surface area contributed by atoms with Crippen LogP contribution in [-0.2, 0) is 19.9 Å². The van der Waals surface area contributed by atoms with Gasteiger partial charge >= 0.3 is 0 Å². The number of piperidine rings is 1. The Bertz CT molecular complexity index is 547. The first kappa shape index (κ1) is 16.4. The van der Waals surface area contributed by atoms with E-state index in [-0.39, 0.29) is 12.0 Å². The summed E-state index contributed by atoms with van der Waals surface area (Å²) in [5.41, 5.74) is -0.566. The number of hydrogen-bond acceptors (Lipinski definition) is 6. The van der Waals surface area contributed by atoms with E-state index in [0.717, 1.165) is 18.7 Å². The highest BCUT2D eigenvalue weighted by Gasteiger charge is 2.43. The second-order valence-electron chi connectivity index (χ2n) is 6.56. The molecular formula is C16H25N3O4. The molecule has 0 spiro atoms. The standard InChI is InChI=1S/C16H25N3O4/c1-11(21-2)10-13(20)19-8-6-16(22-3,7-9-19)15-17-14(18-23-15)12-4-5-12/h11-12H,4-10H2,1-3H3/t11-/m1/s1. The van der Waals surface area contributed by atoms with Gasteiger partial charge in [0.2, 0.25) is 5.91 Å². The van der Waals surface area contributed by atoms with Crippen LogP contribution in [0.1, 0.15) is 56.7 Å². The van der Waals surface area contributed by atoms with Gasteiger partial charge in [0.15, 0.2) is 5.82 Å². The molecule has 1 aromatic rings. The molecule has 1 atom stereocenters. The van der Waals surface area contributed by atoms with Crippen molar-refractivity contribution in [1.29, 1.82) is 0 Å². The maximum Gasteiger partial charge on any atom is 0.259 e. The molecule has 1 amide bonds. The van der Waals surface area contributed by atoms with Crippen molar-refractivity contribution in [3.63, 3.8) is 0 Å². The number of amides is 1. The van der Waals surface area contributed by atoms with Crippen LogP contribution in [0.3, 0.4) is 0 Å². The Balaban J connectivity index is 1.63. The van der Waals surface area contributed by atoms with Crippen molar-refractivity contribution in [2.45, 2.75) is 56.7 Å². The summed E-state index contributed by atoms with van der Waals surface area (Å²) >= 11 is 0. The van der Waals surface area contributed by atoms with Gasteiger partial charge in [-0.15, -0.1) is 0 Å².